The van der Waals surface area contributed by atoms with E-state index < -0.39 is 34.7 Å². The lowest BCUT2D eigenvalue weighted by Gasteiger charge is -2.34. The molecule has 2 N–H and O–H groups in total. The molecule has 3 rings (SSSR count). The number of nitrogens with one attached hydrogen (secondary N) is 2. The molecule has 0 radical (unpaired) electrons. The van der Waals surface area contributed by atoms with Gasteiger partial charge in [-0.2, -0.15) is 4.98 Å². The first-order valence-corrected chi connectivity index (χ1v) is 7.52. The standard InChI is InChI=1S/C15H15F3N4O3/c1-8-19-13(25-22-8)15(2-4-24-5-3-15)21-14(23)20-11-7-9(16)6-10(17)12(11)18/h6-7H,2-5H2,1H3,(H2,20,21,23). The summed E-state index contributed by atoms with van der Waals surface area (Å²) in [6.45, 7) is 2.31. The molecule has 10 heteroatoms. The lowest BCUT2D eigenvalue weighted by molar-refractivity contribution is 0.0285. The SMILES string of the molecule is Cc1noc(C2(NC(=O)Nc3cc(F)cc(F)c3F)CCOCC2)n1. The second-order valence-electron chi connectivity index (χ2n) is 5.67. The van der Waals surface area contributed by atoms with Crippen molar-refractivity contribution >= 4 is 11.7 Å². The molecule has 0 unspecified atom stereocenters. The van der Waals surface area contributed by atoms with Crippen molar-refractivity contribution in [1.82, 2.24) is 15.5 Å². The molecule has 25 heavy (non-hydrogen) atoms. The number of amides is 2. The minimum atomic E-state index is -1.40. The van der Waals surface area contributed by atoms with E-state index in [0.717, 1.165) is 0 Å². The lowest BCUT2D eigenvalue weighted by Crippen LogP contribution is -2.51. The molecule has 1 aliphatic rings. The Bertz CT molecular complexity index is 790. The van der Waals surface area contributed by atoms with Gasteiger partial charge in [-0.25, -0.2) is 18.0 Å². The predicted molar refractivity (Wildman–Crippen MR) is 79.2 cm³/mol. The fourth-order valence-corrected chi connectivity index (χ4v) is 2.62. The lowest BCUT2D eigenvalue weighted by atomic mass is 9.90. The van der Waals surface area contributed by atoms with Gasteiger partial charge in [-0.3, -0.25) is 0 Å². The molecule has 0 aliphatic carbocycles. The third kappa shape index (κ3) is 3.58. The fraction of sp³-hybridized carbons (Fsp3) is 0.400. The predicted octanol–water partition coefficient (Wildman–Crippen LogP) is 2.62. The number of rotatable bonds is 3. The van der Waals surface area contributed by atoms with Gasteiger partial charge in [0.1, 0.15) is 11.4 Å². The maximum atomic E-state index is 13.7. The number of aryl methyl sites for hydroxylation is 1. The third-order valence-corrected chi connectivity index (χ3v) is 3.88. The van der Waals surface area contributed by atoms with Gasteiger partial charge < -0.3 is 19.9 Å². The van der Waals surface area contributed by atoms with Crippen LogP contribution in [0.5, 0.6) is 0 Å². The van der Waals surface area contributed by atoms with E-state index in [1.54, 1.807) is 6.92 Å². The molecule has 1 aromatic heterocycles. The van der Waals surface area contributed by atoms with Gasteiger partial charge in [-0.1, -0.05) is 5.16 Å². The molecule has 2 aromatic rings. The number of urea groups is 1. The Balaban J connectivity index is 1.82. The molecule has 0 saturated carbocycles. The number of ether oxygens (including phenoxy) is 1. The van der Waals surface area contributed by atoms with E-state index in [9.17, 15) is 18.0 Å². The smallest absolute Gasteiger partial charge is 0.320 e. The van der Waals surface area contributed by atoms with Crippen molar-refractivity contribution in [1.29, 1.82) is 0 Å². The van der Waals surface area contributed by atoms with Crippen LogP contribution in [-0.4, -0.2) is 29.4 Å². The Hall–Kier alpha value is -2.62. The van der Waals surface area contributed by atoms with Crippen molar-refractivity contribution < 1.29 is 27.2 Å². The molecule has 1 fully saturated rings. The van der Waals surface area contributed by atoms with E-state index in [2.05, 4.69) is 20.8 Å². The number of hydrogen-bond donors (Lipinski definition) is 2. The van der Waals surface area contributed by atoms with Crippen molar-refractivity contribution in [2.24, 2.45) is 0 Å². The molecule has 1 aromatic carbocycles. The number of halogens is 3. The first-order chi connectivity index (χ1) is 11.9. The minimum absolute atomic E-state index is 0.189. The Labute approximate surface area is 140 Å². The molecule has 0 spiro atoms. The normalized spacial score (nSPS) is 16.5. The Kier molecular flexibility index (Phi) is 4.62. The molecular weight excluding hydrogens is 341 g/mol. The van der Waals surface area contributed by atoms with Gasteiger partial charge in [0.15, 0.2) is 17.5 Å². The summed E-state index contributed by atoms with van der Waals surface area (Å²) in [5.74, 6) is -3.19. The van der Waals surface area contributed by atoms with Gasteiger partial charge in [0.05, 0.1) is 5.69 Å². The monoisotopic (exact) mass is 356 g/mol. The van der Waals surface area contributed by atoms with Gasteiger partial charge >= 0.3 is 6.03 Å². The van der Waals surface area contributed by atoms with Crippen LogP contribution in [0.15, 0.2) is 16.7 Å². The van der Waals surface area contributed by atoms with Crippen LogP contribution in [0.4, 0.5) is 23.7 Å². The van der Waals surface area contributed by atoms with Gasteiger partial charge in [0.25, 0.3) is 5.89 Å². The molecule has 2 amide bonds. The van der Waals surface area contributed by atoms with Gasteiger partial charge in [0, 0.05) is 38.2 Å². The quantitative estimate of drug-likeness (QED) is 0.826. The number of anilines is 1. The van der Waals surface area contributed by atoms with E-state index >= 15 is 0 Å². The first kappa shape index (κ1) is 17.2. The van der Waals surface area contributed by atoms with Gasteiger partial charge in [0.2, 0.25) is 0 Å². The third-order valence-electron chi connectivity index (χ3n) is 3.88. The van der Waals surface area contributed by atoms with Gasteiger partial charge in [-0.05, 0) is 6.92 Å². The summed E-state index contributed by atoms with van der Waals surface area (Å²) in [6, 6.07) is 0.215. The number of carbonyl (C=O) groups is 1. The summed E-state index contributed by atoms with van der Waals surface area (Å²) in [4.78, 5) is 16.4. The van der Waals surface area contributed by atoms with E-state index in [-0.39, 0.29) is 5.89 Å². The zero-order chi connectivity index (χ0) is 18.0. The summed E-state index contributed by atoms with van der Waals surface area (Å²) >= 11 is 0. The molecule has 0 bridgehead atoms. The Morgan fingerprint density at radius 2 is 1.96 bits per heavy atom. The maximum absolute atomic E-state index is 13.7. The molecule has 0 atom stereocenters. The van der Waals surface area contributed by atoms with Crippen LogP contribution in [0.25, 0.3) is 0 Å². The summed E-state index contributed by atoms with van der Waals surface area (Å²) in [5.41, 5.74) is -1.62. The van der Waals surface area contributed by atoms with Crippen LogP contribution in [0, 0.1) is 24.4 Å². The molecule has 2 heterocycles. The van der Waals surface area contributed by atoms with Crippen LogP contribution < -0.4 is 10.6 Å². The van der Waals surface area contributed by atoms with Crippen molar-refractivity contribution in [2.45, 2.75) is 25.3 Å². The number of nitrogens with zero attached hydrogens (tertiary/aromatic N) is 2. The van der Waals surface area contributed by atoms with Crippen molar-refractivity contribution in [2.75, 3.05) is 18.5 Å². The van der Waals surface area contributed by atoms with Crippen molar-refractivity contribution in [3.05, 3.63) is 41.3 Å². The molecule has 7 nitrogen and oxygen atoms in total. The van der Waals surface area contributed by atoms with E-state index in [0.29, 0.717) is 44.0 Å². The van der Waals surface area contributed by atoms with Crippen LogP contribution in [-0.2, 0) is 10.3 Å². The van der Waals surface area contributed by atoms with Crippen molar-refractivity contribution in [3.8, 4) is 0 Å². The highest BCUT2D eigenvalue weighted by Gasteiger charge is 2.41. The highest BCUT2D eigenvalue weighted by atomic mass is 19.2. The first-order valence-electron chi connectivity index (χ1n) is 7.52. The molecule has 1 aliphatic heterocycles. The Morgan fingerprint density at radius 1 is 1.24 bits per heavy atom. The summed E-state index contributed by atoms with van der Waals surface area (Å²) < 4.78 is 50.6. The number of hydrogen-bond acceptors (Lipinski definition) is 5. The highest BCUT2D eigenvalue weighted by Crippen LogP contribution is 2.31. The zero-order valence-electron chi connectivity index (χ0n) is 13.2. The topological polar surface area (TPSA) is 89.3 Å². The van der Waals surface area contributed by atoms with Crippen LogP contribution in [0.2, 0.25) is 0 Å². The number of carbonyl (C=O) groups excluding carboxylic acids is 1. The summed E-state index contributed by atoms with van der Waals surface area (Å²) in [5, 5.41) is 8.45. The summed E-state index contributed by atoms with van der Waals surface area (Å²) in [6.07, 6.45) is 0.699. The average Bonchev–Trinajstić information content (AvgIpc) is 3.00. The van der Waals surface area contributed by atoms with E-state index in [1.807, 2.05) is 0 Å². The molecule has 134 valence electrons. The minimum Gasteiger partial charge on any atom is -0.381 e. The largest absolute Gasteiger partial charge is 0.381 e. The van der Waals surface area contributed by atoms with Crippen LogP contribution >= 0.6 is 0 Å². The Morgan fingerprint density at radius 3 is 2.60 bits per heavy atom. The second-order valence-corrected chi connectivity index (χ2v) is 5.67. The second kappa shape index (κ2) is 6.71. The van der Waals surface area contributed by atoms with Crippen LogP contribution in [0.1, 0.15) is 24.6 Å². The maximum Gasteiger partial charge on any atom is 0.320 e. The molecular formula is C15H15F3N4O3. The number of aromatic nitrogens is 2. The highest BCUT2D eigenvalue weighted by molar-refractivity contribution is 5.90. The number of benzene rings is 1. The van der Waals surface area contributed by atoms with Crippen molar-refractivity contribution in [3.63, 3.8) is 0 Å². The zero-order valence-corrected chi connectivity index (χ0v) is 13.2. The molecule has 1 saturated heterocycles. The average molecular weight is 356 g/mol. The van der Waals surface area contributed by atoms with Gasteiger partial charge in [-0.15, -0.1) is 0 Å². The fourth-order valence-electron chi connectivity index (χ4n) is 2.62. The summed E-state index contributed by atoms with van der Waals surface area (Å²) in [7, 11) is 0. The van der Waals surface area contributed by atoms with E-state index in [4.69, 9.17) is 9.26 Å². The van der Waals surface area contributed by atoms with Crippen LogP contribution in [0.3, 0.4) is 0 Å². The van der Waals surface area contributed by atoms with E-state index in [1.165, 1.54) is 0 Å².